The first kappa shape index (κ1) is 11.8. The first-order chi connectivity index (χ1) is 8.08. The monoisotopic (exact) mass is 231 g/mol. The van der Waals surface area contributed by atoms with Crippen molar-refractivity contribution < 1.29 is 4.74 Å². The maximum absolute atomic E-state index is 5.55. The third-order valence-corrected chi connectivity index (χ3v) is 2.96. The molecule has 1 heterocycles. The topological polar surface area (TPSA) is 60.2 Å². The molecule has 4 heteroatoms. The molecular weight excluding hydrogens is 214 g/mol. The number of pyridine rings is 1. The number of ether oxygens (including phenoxy) is 1. The van der Waals surface area contributed by atoms with Crippen molar-refractivity contribution in [1.29, 1.82) is 0 Å². The summed E-state index contributed by atoms with van der Waals surface area (Å²) in [6.07, 6.45) is 0. The number of benzene rings is 1. The van der Waals surface area contributed by atoms with Crippen molar-refractivity contribution in [3.63, 3.8) is 0 Å². The molecule has 2 rings (SSSR count). The van der Waals surface area contributed by atoms with Crippen LogP contribution in [0, 0.1) is 0 Å². The molecule has 0 aliphatic rings. The minimum absolute atomic E-state index is 0.480. The molecule has 0 fully saturated rings. The van der Waals surface area contributed by atoms with E-state index in [1.807, 2.05) is 44.2 Å². The van der Waals surface area contributed by atoms with E-state index in [0.717, 1.165) is 22.3 Å². The van der Waals surface area contributed by atoms with E-state index < -0.39 is 5.60 Å². The van der Waals surface area contributed by atoms with Gasteiger partial charge in [-0.05, 0) is 26.0 Å². The number of fused-ring (bicyclic) bond motifs is 1. The molecule has 3 N–H and O–H groups in total. The second kappa shape index (κ2) is 4.31. The van der Waals surface area contributed by atoms with Crippen LogP contribution in [-0.4, -0.2) is 12.1 Å². The molecule has 0 aliphatic carbocycles. The summed E-state index contributed by atoms with van der Waals surface area (Å²) >= 11 is 0. The fourth-order valence-corrected chi connectivity index (χ4v) is 1.78. The molecule has 90 valence electrons. The predicted octanol–water partition coefficient (Wildman–Crippen LogP) is 2.40. The molecule has 1 aromatic carbocycles. The number of hydrazine groups is 1. The lowest BCUT2D eigenvalue weighted by atomic mass is 10.0. The summed E-state index contributed by atoms with van der Waals surface area (Å²) < 4.78 is 5.46. The van der Waals surface area contributed by atoms with E-state index in [-0.39, 0.29) is 0 Å². The number of nitrogens with zero attached hydrogens (tertiary/aromatic N) is 1. The van der Waals surface area contributed by atoms with E-state index in [9.17, 15) is 0 Å². The molecule has 2 aromatic rings. The maximum atomic E-state index is 5.55. The van der Waals surface area contributed by atoms with Gasteiger partial charge in [0.05, 0.1) is 16.9 Å². The van der Waals surface area contributed by atoms with Crippen LogP contribution in [0.15, 0.2) is 30.3 Å². The molecule has 0 spiro atoms. The van der Waals surface area contributed by atoms with Crippen molar-refractivity contribution in [1.82, 2.24) is 4.98 Å². The molecule has 0 radical (unpaired) electrons. The lowest BCUT2D eigenvalue weighted by Gasteiger charge is -2.25. The largest absolute Gasteiger partial charge is 0.372 e. The van der Waals surface area contributed by atoms with E-state index >= 15 is 0 Å². The number of aromatic nitrogens is 1. The lowest BCUT2D eigenvalue weighted by molar-refractivity contribution is 0.0164. The highest BCUT2D eigenvalue weighted by Gasteiger charge is 2.25. The molecule has 1 aromatic heterocycles. The Morgan fingerprint density at radius 1 is 1.29 bits per heavy atom. The van der Waals surface area contributed by atoms with Crippen molar-refractivity contribution >= 4 is 16.6 Å². The van der Waals surface area contributed by atoms with Gasteiger partial charge in [-0.3, -0.25) is 5.84 Å². The molecule has 17 heavy (non-hydrogen) atoms. The zero-order chi connectivity index (χ0) is 12.5. The molecule has 0 bridgehead atoms. The highest BCUT2D eigenvalue weighted by molar-refractivity contribution is 5.82. The Bertz CT molecular complexity index is 537. The summed E-state index contributed by atoms with van der Waals surface area (Å²) in [7, 11) is 1.66. The van der Waals surface area contributed by atoms with Gasteiger partial charge >= 0.3 is 0 Å². The van der Waals surface area contributed by atoms with Crippen molar-refractivity contribution in [2.75, 3.05) is 12.5 Å². The van der Waals surface area contributed by atoms with E-state index in [1.54, 1.807) is 7.11 Å². The van der Waals surface area contributed by atoms with Crippen molar-refractivity contribution in [2.24, 2.45) is 5.84 Å². The number of hydrogen-bond donors (Lipinski definition) is 2. The normalized spacial score (nSPS) is 11.8. The van der Waals surface area contributed by atoms with E-state index in [4.69, 9.17) is 10.6 Å². The molecule has 0 atom stereocenters. The Morgan fingerprint density at radius 2 is 2.00 bits per heavy atom. The fraction of sp³-hybridized carbons (Fsp3) is 0.308. The highest BCUT2D eigenvalue weighted by atomic mass is 16.5. The summed E-state index contributed by atoms with van der Waals surface area (Å²) in [5.41, 5.74) is 4.74. The Labute approximate surface area is 101 Å². The van der Waals surface area contributed by atoms with Crippen molar-refractivity contribution in [3.05, 3.63) is 36.0 Å². The molecule has 0 aliphatic heterocycles. The lowest BCUT2D eigenvalue weighted by Crippen LogP contribution is -2.24. The van der Waals surface area contributed by atoms with Gasteiger partial charge in [0, 0.05) is 12.5 Å². The predicted molar refractivity (Wildman–Crippen MR) is 69.6 cm³/mol. The number of rotatable bonds is 3. The zero-order valence-corrected chi connectivity index (χ0v) is 10.3. The third kappa shape index (κ3) is 2.09. The smallest absolute Gasteiger partial charge is 0.106 e. The van der Waals surface area contributed by atoms with Gasteiger partial charge in [-0.25, -0.2) is 4.98 Å². The van der Waals surface area contributed by atoms with Crippen LogP contribution >= 0.6 is 0 Å². The number of nitrogens with one attached hydrogen (secondary N) is 1. The van der Waals surface area contributed by atoms with E-state index in [0.29, 0.717) is 0 Å². The summed E-state index contributed by atoms with van der Waals surface area (Å²) in [6, 6.07) is 9.91. The molecule has 0 unspecified atom stereocenters. The Kier molecular flexibility index (Phi) is 3.00. The van der Waals surface area contributed by atoms with Crippen LogP contribution in [0.4, 0.5) is 5.69 Å². The highest BCUT2D eigenvalue weighted by Crippen LogP contribution is 2.30. The molecule has 0 amide bonds. The summed E-state index contributed by atoms with van der Waals surface area (Å²) in [5, 5.41) is 1.05. The quantitative estimate of drug-likeness (QED) is 0.629. The van der Waals surface area contributed by atoms with Gasteiger partial charge in [0.15, 0.2) is 0 Å². The fourth-order valence-electron chi connectivity index (χ4n) is 1.78. The van der Waals surface area contributed by atoms with Crippen LogP contribution in [0.5, 0.6) is 0 Å². The van der Waals surface area contributed by atoms with Crippen LogP contribution in [0.25, 0.3) is 10.9 Å². The van der Waals surface area contributed by atoms with Gasteiger partial charge in [-0.2, -0.15) is 0 Å². The Hall–Kier alpha value is -1.65. The van der Waals surface area contributed by atoms with Crippen LogP contribution in [0.2, 0.25) is 0 Å². The Morgan fingerprint density at radius 3 is 2.65 bits per heavy atom. The van der Waals surface area contributed by atoms with Crippen LogP contribution in [0.1, 0.15) is 19.5 Å². The average Bonchev–Trinajstić information content (AvgIpc) is 2.37. The molecule has 0 saturated carbocycles. The number of hydrogen-bond acceptors (Lipinski definition) is 4. The van der Waals surface area contributed by atoms with Crippen LogP contribution in [-0.2, 0) is 10.3 Å². The standard InChI is InChI=1S/C13H17N3O/c1-13(2,17-3)12-11(16-14)8-9-6-4-5-7-10(9)15-12/h4-8,16H,14H2,1-3H3. The number of nitrogen functional groups attached to an aromatic ring is 1. The SMILES string of the molecule is COC(C)(C)c1nc2ccccc2cc1NN. The van der Waals surface area contributed by atoms with Gasteiger partial charge < -0.3 is 10.2 Å². The van der Waals surface area contributed by atoms with Gasteiger partial charge in [0.2, 0.25) is 0 Å². The van der Waals surface area contributed by atoms with Gasteiger partial charge in [0.25, 0.3) is 0 Å². The van der Waals surface area contributed by atoms with Gasteiger partial charge in [0.1, 0.15) is 5.60 Å². The summed E-state index contributed by atoms with van der Waals surface area (Å²) in [5.74, 6) is 5.55. The van der Waals surface area contributed by atoms with Crippen molar-refractivity contribution in [3.8, 4) is 0 Å². The van der Waals surface area contributed by atoms with E-state index in [2.05, 4.69) is 10.4 Å². The zero-order valence-electron chi connectivity index (χ0n) is 10.3. The van der Waals surface area contributed by atoms with Gasteiger partial charge in [-0.15, -0.1) is 0 Å². The first-order valence-corrected chi connectivity index (χ1v) is 5.50. The number of methoxy groups -OCH3 is 1. The van der Waals surface area contributed by atoms with Gasteiger partial charge in [-0.1, -0.05) is 18.2 Å². The number of para-hydroxylation sites is 1. The minimum Gasteiger partial charge on any atom is -0.372 e. The second-order valence-electron chi connectivity index (χ2n) is 4.44. The van der Waals surface area contributed by atoms with E-state index in [1.165, 1.54) is 0 Å². The summed E-state index contributed by atoms with van der Waals surface area (Å²) in [6.45, 7) is 3.93. The maximum Gasteiger partial charge on any atom is 0.106 e. The Balaban J connectivity index is 2.69. The second-order valence-corrected chi connectivity index (χ2v) is 4.44. The molecule has 4 nitrogen and oxygen atoms in total. The average molecular weight is 231 g/mol. The third-order valence-electron chi connectivity index (χ3n) is 2.96. The van der Waals surface area contributed by atoms with Crippen LogP contribution in [0.3, 0.4) is 0 Å². The number of nitrogens with two attached hydrogens (primary N) is 1. The minimum atomic E-state index is -0.480. The molecule has 0 saturated heterocycles. The summed E-state index contributed by atoms with van der Waals surface area (Å²) in [4.78, 5) is 4.62. The first-order valence-electron chi connectivity index (χ1n) is 5.50. The van der Waals surface area contributed by atoms with Crippen molar-refractivity contribution in [2.45, 2.75) is 19.4 Å². The van der Waals surface area contributed by atoms with Crippen LogP contribution < -0.4 is 11.3 Å². The number of anilines is 1. The molecular formula is C13H17N3O.